The van der Waals surface area contributed by atoms with E-state index in [1.807, 2.05) is 71.1 Å². The predicted octanol–water partition coefficient (Wildman–Crippen LogP) is 5.23. The number of anilines is 1. The molecule has 32 heavy (non-hydrogen) atoms. The molecule has 2 aromatic heterocycles. The first kappa shape index (κ1) is 20.5. The molecule has 1 amide bonds. The minimum atomic E-state index is 0.0161. The number of para-hydroxylation sites is 1. The molecular formula is C25H24ClN5O. The van der Waals surface area contributed by atoms with E-state index in [1.165, 1.54) is 0 Å². The molecule has 1 N–H and O–H groups in total. The number of halogens is 1. The molecular weight excluding hydrogens is 422 g/mol. The second kappa shape index (κ2) is 8.63. The molecule has 0 saturated carbocycles. The molecule has 7 heteroatoms. The van der Waals surface area contributed by atoms with Crippen molar-refractivity contribution < 1.29 is 4.79 Å². The number of pyridine rings is 1. The van der Waals surface area contributed by atoms with Crippen LogP contribution in [0.5, 0.6) is 0 Å². The number of likely N-dealkylation sites (tertiary alicyclic amines) is 1. The van der Waals surface area contributed by atoms with Crippen LogP contribution in [0, 0.1) is 6.92 Å². The maximum absolute atomic E-state index is 13.4. The van der Waals surface area contributed by atoms with Crippen molar-refractivity contribution in [3.05, 3.63) is 82.6 Å². The largest absolute Gasteiger partial charge is 0.380 e. The van der Waals surface area contributed by atoms with E-state index in [0.29, 0.717) is 17.1 Å². The standard InChI is InChI=1S/C25H24ClN5O/c1-17-22-23(27-15-18-9-11-19(26)12-10-18)21(25(32)30-13-5-6-14-30)16-28-24(22)31(29-17)20-7-3-2-4-8-20/h2-4,7-12,16H,5-6,13-15H2,1H3,(H,27,28). The van der Waals surface area contributed by atoms with Gasteiger partial charge in [0.15, 0.2) is 5.65 Å². The van der Waals surface area contributed by atoms with Crippen molar-refractivity contribution in [2.24, 2.45) is 0 Å². The summed E-state index contributed by atoms with van der Waals surface area (Å²) in [6.45, 7) is 4.10. The minimum Gasteiger partial charge on any atom is -0.380 e. The third-order valence-electron chi connectivity index (χ3n) is 5.88. The van der Waals surface area contributed by atoms with Gasteiger partial charge in [-0.15, -0.1) is 0 Å². The van der Waals surface area contributed by atoms with E-state index in [4.69, 9.17) is 21.7 Å². The van der Waals surface area contributed by atoms with E-state index in [2.05, 4.69) is 5.32 Å². The molecule has 0 radical (unpaired) electrons. The lowest BCUT2D eigenvalue weighted by molar-refractivity contribution is 0.0793. The Morgan fingerprint density at radius 3 is 2.50 bits per heavy atom. The molecule has 0 spiro atoms. The minimum absolute atomic E-state index is 0.0161. The summed E-state index contributed by atoms with van der Waals surface area (Å²) in [7, 11) is 0. The van der Waals surface area contributed by atoms with Crippen LogP contribution in [0.2, 0.25) is 5.02 Å². The number of carbonyl (C=O) groups is 1. The Bertz CT molecular complexity index is 1260. The predicted molar refractivity (Wildman–Crippen MR) is 128 cm³/mol. The maximum atomic E-state index is 13.4. The average molecular weight is 446 g/mol. The van der Waals surface area contributed by atoms with Crippen LogP contribution in [-0.4, -0.2) is 38.7 Å². The van der Waals surface area contributed by atoms with Crippen molar-refractivity contribution in [3.63, 3.8) is 0 Å². The number of aromatic nitrogens is 3. The Balaban J connectivity index is 1.61. The summed E-state index contributed by atoms with van der Waals surface area (Å²) in [4.78, 5) is 20.0. The molecule has 0 unspecified atom stereocenters. The van der Waals surface area contributed by atoms with Crippen LogP contribution < -0.4 is 5.32 Å². The normalized spacial score (nSPS) is 13.6. The molecule has 1 saturated heterocycles. The lowest BCUT2D eigenvalue weighted by atomic mass is 10.1. The van der Waals surface area contributed by atoms with Gasteiger partial charge in [0, 0.05) is 30.9 Å². The second-order valence-corrected chi connectivity index (χ2v) is 8.49. The van der Waals surface area contributed by atoms with Gasteiger partial charge >= 0.3 is 0 Å². The van der Waals surface area contributed by atoms with E-state index < -0.39 is 0 Å². The van der Waals surface area contributed by atoms with Crippen LogP contribution in [0.1, 0.15) is 34.5 Å². The van der Waals surface area contributed by atoms with E-state index in [-0.39, 0.29) is 5.91 Å². The van der Waals surface area contributed by atoms with Gasteiger partial charge in [-0.3, -0.25) is 4.79 Å². The van der Waals surface area contributed by atoms with Gasteiger partial charge in [0.2, 0.25) is 0 Å². The zero-order valence-corrected chi connectivity index (χ0v) is 18.6. The number of amides is 1. The fourth-order valence-corrected chi connectivity index (χ4v) is 4.36. The molecule has 5 rings (SSSR count). The van der Waals surface area contributed by atoms with Crippen LogP contribution in [0.15, 0.2) is 60.8 Å². The molecule has 162 valence electrons. The highest BCUT2D eigenvalue weighted by molar-refractivity contribution is 6.30. The van der Waals surface area contributed by atoms with Crippen molar-refractivity contribution in [2.75, 3.05) is 18.4 Å². The molecule has 1 fully saturated rings. The van der Waals surface area contributed by atoms with Gasteiger partial charge in [0.25, 0.3) is 5.91 Å². The third-order valence-corrected chi connectivity index (χ3v) is 6.13. The lowest BCUT2D eigenvalue weighted by Gasteiger charge is -2.19. The maximum Gasteiger partial charge on any atom is 0.257 e. The van der Waals surface area contributed by atoms with Gasteiger partial charge in [0.05, 0.1) is 28.0 Å². The fraction of sp³-hybridized carbons (Fsp3) is 0.240. The molecule has 6 nitrogen and oxygen atoms in total. The van der Waals surface area contributed by atoms with Gasteiger partial charge in [-0.25, -0.2) is 9.67 Å². The molecule has 1 aliphatic rings. The number of hydrogen-bond donors (Lipinski definition) is 1. The van der Waals surface area contributed by atoms with Crippen LogP contribution in [0.25, 0.3) is 16.7 Å². The fourth-order valence-electron chi connectivity index (χ4n) is 4.23. The van der Waals surface area contributed by atoms with Gasteiger partial charge < -0.3 is 10.2 Å². The smallest absolute Gasteiger partial charge is 0.257 e. The number of benzene rings is 2. The summed E-state index contributed by atoms with van der Waals surface area (Å²) in [6.07, 6.45) is 3.77. The summed E-state index contributed by atoms with van der Waals surface area (Å²) < 4.78 is 1.84. The van der Waals surface area contributed by atoms with Crippen molar-refractivity contribution >= 4 is 34.2 Å². The topological polar surface area (TPSA) is 63.1 Å². The van der Waals surface area contributed by atoms with Gasteiger partial charge in [-0.1, -0.05) is 41.9 Å². The summed E-state index contributed by atoms with van der Waals surface area (Å²) in [5.74, 6) is 0.0161. The number of carbonyl (C=O) groups excluding carboxylic acids is 1. The number of nitrogens with zero attached hydrogens (tertiary/aromatic N) is 4. The van der Waals surface area contributed by atoms with Crippen LogP contribution in [0.4, 0.5) is 5.69 Å². The third kappa shape index (κ3) is 3.82. The van der Waals surface area contributed by atoms with E-state index in [0.717, 1.165) is 59.6 Å². The lowest BCUT2D eigenvalue weighted by Crippen LogP contribution is -2.28. The van der Waals surface area contributed by atoms with Crippen molar-refractivity contribution in [2.45, 2.75) is 26.3 Å². The first-order valence-electron chi connectivity index (χ1n) is 10.8. The zero-order chi connectivity index (χ0) is 22.1. The number of fused-ring (bicyclic) bond motifs is 1. The number of aryl methyl sites for hydroxylation is 1. The van der Waals surface area contributed by atoms with E-state index in [1.54, 1.807) is 6.20 Å². The Kier molecular flexibility index (Phi) is 5.53. The first-order valence-corrected chi connectivity index (χ1v) is 11.2. The summed E-state index contributed by atoms with van der Waals surface area (Å²) in [5.41, 5.74) is 4.93. The van der Waals surface area contributed by atoms with Gasteiger partial charge in [0.1, 0.15) is 0 Å². The quantitative estimate of drug-likeness (QED) is 0.457. The van der Waals surface area contributed by atoms with Crippen LogP contribution >= 0.6 is 11.6 Å². The molecule has 0 aliphatic carbocycles. The zero-order valence-electron chi connectivity index (χ0n) is 17.9. The Morgan fingerprint density at radius 1 is 1.06 bits per heavy atom. The SMILES string of the molecule is Cc1nn(-c2ccccc2)c2ncc(C(=O)N3CCCC3)c(NCc3ccc(Cl)cc3)c12. The Labute approximate surface area is 191 Å². The second-order valence-electron chi connectivity index (χ2n) is 8.06. The van der Waals surface area contributed by atoms with Crippen molar-refractivity contribution in [1.29, 1.82) is 0 Å². The Morgan fingerprint density at radius 2 is 1.78 bits per heavy atom. The average Bonchev–Trinajstić information content (AvgIpc) is 3.47. The Hall–Kier alpha value is -3.38. The molecule has 4 aromatic rings. The van der Waals surface area contributed by atoms with Crippen molar-refractivity contribution in [3.8, 4) is 5.69 Å². The molecule has 3 heterocycles. The molecule has 2 aromatic carbocycles. The van der Waals surface area contributed by atoms with Gasteiger partial charge in [-0.2, -0.15) is 5.10 Å². The van der Waals surface area contributed by atoms with Crippen molar-refractivity contribution in [1.82, 2.24) is 19.7 Å². The number of hydrogen-bond acceptors (Lipinski definition) is 4. The number of rotatable bonds is 5. The first-order chi connectivity index (χ1) is 15.6. The summed E-state index contributed by atoms with van der Waals surface area (Å²) in [5, 5.41) is 9.84. The highest BCUT2D eigenvalue weighted by Gasteiger charge is 2.26. The van der Waals surface area contributed by atoms with E-state index in [9.17, 15) is 4.79 Å². The number of nitrogens with one attached hydrogen (secondary N) is 1. The molecule has 0 bridgehead atoms. The van der Waals surface area contributed by atoms with Crippen LogP contribution in [0.3, 0.4) is 0 Å². The highest BCUT2D eigenvalue weighted by Crippen LogP contribution is 2.32. The molecule has 1 aliphatic heterocycles. The van der Waals surface area contributed by atoms with E-state index >= 15 is 0 Å². The monoisotopic (exact) mass is 445 g/mol. The summed E-state index contributed by atoms with van der Waals surface area (Å²) >= 11 is 6.04. The molecule has 0 atom stereocenters. The summed E-state index contributed by atoms with van der Waals surface area (Å²) in [6, 6.07) is 17.6. The highest BCUT2D eigenvalue weighted by atomic mass is 35.5. The van der Waals surface area contributed by atoms with Gasteiger partial charge in [-0.05, 0) is 49.6 Å². The van der Waals surface area contributed by atoms with Crippen LogP contribution in [-0.2, 0) is 6.54 Å².